The molecule has 0 bridgehead atoms. The third kappa shape index (κ3) is 0.783. The second kappa shape index (κ2) is 2.18. The number of nitrogens with zero attached hydrogens (tertiary/aromatic N) is 3. The Morgan fingerprint density at radius 3 is 3.31 bits per heavy atom. The van der Waals surface area contributed by atoms with Crippen molar-refractivity contribution in [3.05, 3.63) is 22.5 Å². The summed E-state index contributed by atoms with van der Waals surface area (Å²) in [4.78, 5) is 22.3. The number of hydrogen-bond donors (Lipinski definition) is 1. The number of rotatable bonds is 0. The molecule has 0 aliphatic carbocycles. The van der Waals surface area contributed by atoms with Crippen molar-refractivity contribution in [2.24, 2.45) is 0 Å². The van der Waals surface area contributed by atoms with Gasteiger partial charge in [0.2, 0.25) is 0 Å². The van der Waals surface area contributed by atoms with E-state index < -0.39 is 0 Å². The first-order chi connectivity index (χ1) is 6.36. The monoisotopic (exact) mass is 176 g/mol. The van der Waals surface area contributed by atoms with Crippen LogP contribution in [0.15, 0.2) is 11.1 Å². The Balaban J connectivity index is 2.58. The molecule has 0 saturated heterocycles. The molecule has 2 aromatic rings. The van der Waals surface area contributed by atoms with Crippen LogP contribution in [0.2, 0.25) is 0 Å². The van der Waals surface area contributed by atoms with Crippen LogP contribution in [0.25, 0.3) is 11.2 Å². The van der Waals surface area contributed by atoms with Gasteiger partial charge in [-0.2, -0.15) is 0 Å². The predicted molar refractivity (Wildman–Crippen MR) is 46.5 cm³/mol. The van der Waals surface area contributed by atoms with Crippen LogP contribution in [0.4, 0.5) is 0 Å². The summed E-state index contributed by atoms with van der Waals surface area (Å²) in [7, 11) is 0. The molecule has 13 heavy (non-hydrogen) atoms. The first kappa shape index (κ1) is 6.82. The van der Waals surface area contributed by atoms with Gasteiger partial charge in [-0.15, -0.1) is 0 Å². The van der Waals surface area contributed by atoms with E-state index in [1.807, 2.05) is 0 Å². The zero-order chi connectivity index (χ0) is 8.84. The highest BCUT2D eigenvalue weighted by atomic mass is 16.1. The number of aromatic amines is 1. The predicted octanol–water partition coefficient (Wildman–Crippen LogP) is 0.0658. The van der Waals surface area contributed by atoms with Gasteiger partial charge in [0.15, 0.2) is 5.65 Å². The number of aromatic nitrogens is 4. The van der Waals surface area contributed by atoms with Crippen molar-refractivity contribution >= 4 is 11.2 Å². The SMILES string of the molecule is O=c1[nH]c2ncnc3c2n1CCC3. The minimum Gasteiger partial charge on any atom is -0.290 e. The van der Waals surface area contributed by atoms with Crippen molar-refractivity contribution < 1.29 is 0 Å². The number of hydrogen-bond acceptors (Lipinski definition) is 3. The molecule has 5 heteroatoms. The van der Waals surface area contributed by atoms with Gasteiger partial charge in [0, 0.05) is 6.54 Å². The highest BCUT2D eigenvalue weighted by molar-refractivity contribution is 5.73. The summed E-state index contributed by atoms with van der Waals surface area (Å²) in [6, 6.07) is 0. The lowest BCUT2D eigenvalue weighted by Gasteiger charge is -2.11. The third-order valence-electron chi connectivity index (χ3n) is 2.43. The van der Waals surface area contributed by atoms with Gasteiger partial charge < -0.3 is 0 Å². The largest absolute Gasteiger partial charge is 0.327 e. The summed E-state index contributed by atoms with van der Waals surface area (Å²) in [6.45, 7) is 0.777. The van der Waals surface area contributed by atoms with Crippen molar-refractivity contribution in [2.45, 2.75) is 19.4 Å². The smallest absolute Gasteiger partial charge is 0.290 e. The van der Waals surface area contributed by atoms with Gasteiger partial charge >= 0.3 is 5.69 Å². The van der Waals surface area contributed by atoms with Crippen molar-refractivity contribution in [2.75, 3.05) is 0 Å². The van der Waals surface area contributed by atoms with Gasteiger partial charge in [-0.1, -0.05) is 0 Å². The molecule has 0 radical (unpaired) electrons. The van der Waals surface area contributed by atoms with E-state index in [9.17, 15) is 4.79 Å². The summed E-state index contributed by atoms with van der Waals surface area (Å²) in [5.74, 6) is 0. The summed E-state index contributed by atoms with van der Waals surface area (Å²) in [5.41, 5.74) is 2.46. The van der Waals surface area contributed by atoms with E-state index in [1.54, 1.807) is 4.57 Å². The minimum atomic E-state index is -0.0727. The van der Waals surface area contributed by atoms with Gasteiger partial charge in [-0.25, -0.2) is 14.8 Å². The molecule has 5 nitrogen and oxygen atoms in total. The van der Waals surface area contributed by atoms with Crippen molar-refractivity contribution in [3.63, 3.8) is 0 Å². The Morgan fingerprint density at radius 1 is 1.46 bits per heavy atom. The maximum atomic E-state index is 11.4. The molecule has 2 aromatic heterocycles. The summed E-state index contributed by atoms with van der Waals surface area (Å²) >= 11 is 0. The molecule has 0 spiro atoms. The number of nitrogens with one attached hydrogen (secondary N) is 1. The maximum absolute atomic E-state index is 11.4. The molecule has 0 aromatic carbocycles. The van der Waals surface area contributed by atoms with Crippen molar-refractivity contribution in [3.8, 4) is 0 Å². The van der Waals surface area contributed by atoms with E-state index in [0.29, 0.717) is 5.65 Å². The molecule has 1 aliphatic heterocycles. The van der Waals surface area contributed by atoms with Crippen LogP contribution in [0.1, 0.15) is 12.1 Å². The lowest BCUT2D eigenvalue weighted by Crippen LogP contribution is -2.20. The second-order valence-corrected chi connectivity index (χ2v) is 3.20. The lowest BCUT2D eigenvalue weighted by atomic mass is 10.1. The Bertz CT molecular complexity index is 524. The maximum Gasteiger partial charge on any atom is 0.327 e. The molecule has 66 valence electrons. The molecule has 0 atom stereocenters. The normalized spacial score (nSPS) is 15.1. The van der Waals surface area contributed by atoms with E-state index >= 15 is 0 Å². The second-order valence-electron chi connectivity index (χ2n) is 3.20. The molecule has 0 saturated carbocycles. The number of H-pyrrole nitrogens is 1. The average Bonchev–Trinajstić information content (AvgIpc) is 2.47. The molecule has 3 rings (SSSR count). The quantitative estimate of drug-likeness (QED) is 0.617. The van der Waals surface area contributed by atoms with Crippen LogP contribution in [0.3, 0.4) is 0 Å². The lowest BCUT2D eigenvalue weighted by molar-refractivity contribution is 0.606. The number of aryl methyl sites for hydroxylation is 2. The molecule has 0 amide bonds. The highest BCUT2D eigenvalue weighted by Crippen LogP contribution is 2.17. The fraction of sp³-hybridized carbons (Fsp3) is 0.375. The molecule has 0 unspecified atom stereocenters. The van der Waals surface area contributed by atoms with E-state index in [2.05, 4.69) is 15.0 Å². The van der Waals surface area contributed by atoms with Gasteiger partial charge in [0.1, 0.15) is 11.8 Å². The standard InChI is InChI=1S/C8H8N4O/c13-8-11-7-6-5(9-4-10-7)2-1-3-12(6)8/h4H,1-3H2,(H,9,10,11,13). The molecular formula is C8H8N4O. The molecule has 1 N–H and O–H groups in total. The van der Waals surface area contributed by atoms with Crippen LogP contribution >= 0.6 is 0 Å². The molecule has 1 aliphatic rings. The first-order valence-electron chi connectivity index (χ1n) is 4.28. The summed E-state index contributed by atoms with van der Waals surface area (Å²) in [6.07, 6.45) is 3.43. The van der Waals surface area contributed by atoms with Crippen LogP contribution in [-0.2, 0) is 13.0 Å². The van der Waals surface area contributed by atoms with Gasteiger partial charge in [0.05, 0.1) is 5.69 Å². The summed E-state index contributed by atoms with van der Waals surface area (Å²) in [5, 5.41) is 0. The van der Waals surface area contributed by atoms with Crippen LogP contribution < -0.4 is 5.69 Å². The number of imidazole rings is 1. The molecule has 3 heterocycles. The molecular weight excluding hydrogens is 168 g/mol. The van der Waals surface area contributed by atoms with E-state index in [4.69, 9.17) is 0 Å². The topological polar surface area (TPSA) is 63.6 Å². The zero-order valence-corrected chi connectivity index (χ0v) is 6.95. The fourth-order valence-corrected chi connectivity index (χ4v) is 1.86. The van der Waals surface area contributed by atoms with Crippen LogP contribution in [0.5, 0.6) is 0 Å². The third-order valence-corrected chi connectivity index (χ3v) is 2.43. The fourth-order valence-electron chi connectivity index (χ4n) is 1.86. The van der Waals surface area contributed by atoms with E-state index in [1.165, 1.54) is 6.33 Å². The Kier molecular flexibility index (Phi) is 1.15. The first-order valence-corrected chi connectivity index (χ1v) is 4.28. The highest BCUT2D eigenvalue weighted by Gasteiger charge is 2.16. The van der Waals surface area contributed by atoms with Crippen LogP contribution in [0, 0.1) is 0 Å². The van der Waals surface area contributed by atoms with Gasteiger partial charge in [0.25, 0.3) is 0 Å². The summed E-state index contributed by atoms with van der Waals surface area (Å²) < 4.78 is 1.72. The van der Waals surface area contributed by atoms with Crippen LogP contribution in [-0.4, -0.2) is 19.5 Å². The van der Waals surface area contributed by atoms with Crippen molar-refractivity contribution in [1.82, 2.24) is 19.5 Å². The van der Waals surface area contributed by atoms with E-state index in [-0.39, 0.29) is 5.69 Å². The zero-order valence-electron chi connectivity index (χ0n) is 6.95. The Morgan fingerprint density at radius 2 is 2.38 bits per heavy atom. The Labute approximate surface area is 73.4 Å². The van der Waals surface area contributed by atoms with Crippen molar-refractivity contribution in [1.29, 1.82) is 0 Å². The van der Waals surface area contributed by atoms with E-state index in [0.717, 1.165) is 30.6 Å². The Hall–Kier alpha value is -1.65. The van der Waals surface area contributed by atoms with Gasteiger partial charge in [-0.05, 0) is 12.8 Å². The minimum absolute atomic E-state index is 0.0727. The molecule has 0 fully saturated rings. The van der Waals surface area contributed by atoms with Gasteiger partial charge in [-0.3, -0.25) is 9.55 Å². The average molecular weight is 176 g/mol.